The first-order valence-corrected chi connectivity index (χ1v) is 5.79. The minimum atomic E-state index is 0.239. The van der Waals surface area contributed by atoms with Crippen LogP contribution in [0.2, 0.25) is 0 Å². The Kier molecular flexibility index (Phi) is 2.99. The number of hydrogen-bond donors (Lipinski definition) is 0. The van der Waals surface area contributed by atoms with Gasteiger partial charge in [0.05, 0.1) is 0 Å². The number of benzene rings is 1. The lowest BCUT2D eigenvalue weighted by Gasteiger charge is -2.19. The van der Waals surface area contributed by atoms with E-state index in [9.17, 15) is 0 Å². The van der Waals surface area contributed by atoms with Gasteiger partial charge in [-0.25, -0.2) is 4.31 Å². The molecular weight excluding hydrogens is 194 g/mol. The lowest BCUT2D eigenvalue weighted by atomic mass is 10.2. The summed E-state index contributed by atoms with van der Waals surface area (Å²) in [5.41, 5.74) is 1.27. The number of aryl methyl sites for hydroxylation is 1. The average molecular weight is 209 g/mol. The maximum atomic E-state index is 5.85. The van der Waals surface area contributed by atoms with Crippen molar-refractivity contribution in [2.24, 2.45) is 0 Å². The van der Waals surface area contributed by atoms with Gasteiger partial charge in [0.25, 0.3) is 0 Å². The molecule has 0 saturated carbocycles. The first-order valence-electron chi connectivity index (χ1n) is 4.85. The minimum Gasteiger partial charge on any atom is -0.474 e. The van der Waals surface area contributed by atoms with E-state index in [0.717, 1.165) is 17.9 Å². The van der Waals surface area contributed by atoms with Crippen molar-refractivity contribution in [3.05, 3.63) is 29.8 Å². The van der Waals surface area contributed by atoms with Crippen LogP contribution in [-0.2, 0) is 0 Å². The van der Waals surface area contributed by atoms with E-state index in [0.29, 0.717) is 0 Å². The van der Waals surface area contributed by atoms with Crippen LogP contribution in [0.4, 0.5) is 0 Å². The van der Waals surface area contributed by atoms with Crippen molar-refractivity contribution in [1.29, 1.82) is 0 Å². The average Bonchev–Trinajstić information content (AvgIpc) is 2.56. The number of rotatable bonds is 2. The van der Waals surface area contributed by atoms with E-state index in [1.807, 2.05) is 24.1 Å². The van der Waals surface area contributed by atoms with E-state index >= 15 is 0 Å². The third-order valence-electron chi connectivity index (χ3n) is 2.36. The van der Waals surface area contributed by atoms with Gasteiger partial charge in [-0.1, -0.05) is 29.6 Å². The van der Waals surface area contributed by atoms with Gasteiger partial charge in [0.2, 0.25) is 0 Å². The summed E-state index contributed by atoms with van der Waals surface area (Å²) in [7, 11) is 2.08. The topological polar surface area (TPSA) is 12.5 Å². The molecule has 1 aromatic rings. The molecule has 1 aliphatic heterocycles. The normalized spacial score (nSPS) is 22.6. The minimum absolute atomic E-state index is 0.239. The van der Waals surface area contributed by atoms with Gasteiger partial charge in [0.1, 0.15) is 5.75 Å². The second kappa shape index (κ2) is 4.24. The predicted molar refractivity (Wildman–Crippen MR) is 60.4 cm³/mol. The van der Waals surface area contributed by atoms with Crippen LogP contribution in [0.3, 0.4) is 0 Å². The zero-order chi connectivity index (χ0) is 9.97. The molecule has 0 bridgehead atoms. The van der Waals surface area contributed by atoms with E-state index in [2.05, 4.69) is 30.4 Å². The van der Waals surface area contributed by atoms with Crippen molar-refractivity contribution in [2.45, 2.75) is 19.6 Å². The second-order valence-electron chi connectivity index (χ2n) is 3.55. The molecule has 14 heavy (non-hydrogen) atoms. The van der Waals surface area contributed by atoms with Crippen LogP contribution < -0.4 is 4.74 Å². The molecule has 0 N–H and O–H groups in total. The van der Waals surface area contributed by atoms with Crippen molar-refractivity contribution >= 4 is 11.9 Å². The highest BCUT2D eigenvalue weighted by molar-refractivity contribution is 7.97. The zero-order valence-electron chi connectivity index (χ0n) is 8.56. The molecule has 0 spiro atoms. The molecule has 1 heterocycles. The van der Waals surface area contributed by atoms with Gasteiger partial charge in [0.15, 0.2) is 6.23 Å². The molecule has 2 nitrogen and oxygen atoms in total. The summed E-state index contributed by atoms with van der Waals surface area (Å²) < 4.78 is 8.03. The van der Waals surface area contributed by atoms with Crippen molar-refractivity contribution < 1.29 is 4.74 Å². The molecule has 76 valence electrons. The second-order valence-corrected chi connectivity index (χ2v) is 4.80. The standard InChI is InChI=1S/C11H15NOS/c1-9-3-5-10(6-4-9)13-11-7-8-14-12(11)2/h3-6,11H,7-8H2,1-2H3. The molecule has 0 amide bonds. The van der Waals surface area contributed by atoms with E-state index in [1.165, 1.54) is 5.56 Å². The van der Waals surface area contributed by atoms with Crippen molar-refractivity contribution in [1.82, 2.24) is 4.31 Å². The van der Waals surface area contributed by atoms with Crippen molar-refractivity contribution in [2.75, 3.05) is 12.8 Å². The summed E-state index contributed by atoms with van der Waals surface area (Å²) in [5.74, 6) is 2.13. The Bertz CT molecular complexity index is 299. The number of ether oxygens (including phenoxy) is 1. The van der Waals surface area contributed by atoms with Gasteiger partial charge in [-0.2, -0.15) is 0 Å². The summed E-state index contributed by atoms with van der Waals surface area (Å²) in [5, 5.41) is 0. The number of hydrogen-bond acceptors (Lipinski definition) is 3. The third kappa shape index (κ3) is 2.22. The van der Waals surface area contributed by atoms with Crippen LogP contribution in [0.5, 0.6) is 5.75 Å². The van der Waals surface area contributed by atoms with Gasteiger partial charge < -0.3 is 4.74 Å². The Morgan fingerprint density at radius 2 is 2.07 bits per heavy atom. The Labute approximate surface area is 89.4 Å². The van der Waals surface area contributed by atoms with Gasteiger partial charge in [-0.3, -0.25) is 0 Å². The lowest BCUT2D eigenvalue weighted by molar-refractivity contribution is 0.120. The third-order valence-corrected chi connectivity index (χ3v) is 3.42. The smallest absolute Gasteiger partial charge is 0.162 e. The number of nitrogens with zero attached hydrogens (tertiary/aromatic N) is 1. The van der Waals surface area contributed by atoms with Gasteiger partial charge in [-0.15, -0.1) is 0 Å². The molecule has 1 aliphatic rings. The van der Waals surface area contributed by atoms with E-state index in [-0.39, 0.29) is 6.23 Å². The van der Waals surface area contributed by atoms with Crippen LogP contribution >= 0.6 is 11.9 Å². The van der Waals surface area contributed by atoms with Crippen molar-refractivity contribution in [3.63, 3.8) is 0 Å². The molecule has 2 rings (SSSR count). The van der Waals surface area contributed by atoms with E-state index in [4.69, 9.17) is 4.74 Å². The molecule has 1 saturated heterocycles. The summed E-state index contributed by atoms with van der Waals surface area (Å²) >= 11 is 1.84. The maximum Gasteiger partial charge on any atom is 0.162 e. The van der Waals surface area contributed by atoms with Crippen molar-refractivity contribution in [3.8, 4) is 5.75 Å². The molecule has 1 aromatic carbocycles. The first kappa shape index (κ1) is 9.87. The monoisotopic (exact) mass is 209 g/mol. The highest BCUT2D eigenvalue weighted by Gasteiger charge is 2.23. The Balaban J connectivity index is 2.00. The van der Waals surface area contributed by atoms with Gasteiger partial charge in [-0.05, 0) is 19.1 Å². The molecule has 1 atom stereocenters. The van der Waals surface area contributed by atoms with Crippen LogP contribution in [0, 0.1) is 6.92 Å². The van der Waals surface area contributed by atoms with Gasteiger partial charge in [0, 0.05) is 19.2 Å². The van der Waals surface area contributed by atoms with Crippen LogP contribution in [0.15, 0.2) is 24.3 Å². The fraction of sp³-hybridized carbons (Fsp3) is 0.455. The molecule has 1 fully saturated rings. The van der Waals surface area contributed by atoms with Crippen LogP contribution in [-0.4, -0.2) is 23.3 Å². The van der Waals surface area contributed by atoms with Crippen LogP contribution in [0.1, 0.15) is 12.0 Å². The molecule has 1 unspecified atom stereocenters. The molecular formula is C11H15NOS. The highest BCUT2D eigenvalue weighted by atomic mass is 32.2. The van der Waals surface area contributed by atoms with E-state index in [1.54, 1.807) is 0 Å². The predicted octanol–water partition coefficient (Wildman–Crippen LogP) is 2.68. The van der Waals surface area contributed by atoms with E-state index < -0.39 is 0 Å². The summed E-state index contributed by atoms with van der Waals surface area (Å²) in [6.07, 6.45) is 1.34. The lowest BCUT2D eigenvalue weighted by Crippen LogP contribution is -2.26. The fourth-order valence-corrected chi connectivity index (χ4v) is 2.38. The quantitative estimate of drug-likeness (QED) is 0.695. The fourth-order valence-electron chi connectivity index (χ4n) is 1.47. The molecule has 3 heteroatoms. The summed E-state index contributed by atoms with van der Waals surface area (Å²) in [6, 6.07) is 8.23. The Morgan fingerprint density at radius 1 is 1.36 bits per heavy atom. The SMILES string of the molecule is Cc1ccc(OC2CCSN2C)cc1. The van der Waals surface area contributed by atoms with Crippen LogP contribution in [0.25, 0.3) is 0 Å². The maximum absolute atomic E-state index is 5.85. The molecule has 0 radical (unpaired) electrons. The highest BCUT2D eigenvalue weighted by Crippen LogP contribution is 2.26. The molecule has 0 aliphatic carbocycles. The summed E-state index contributed by atoms with van der Waals surface area (Å²) in [4.78, 5) is 0. The first-order chi connectivity index (χ1) is 6.75. The molecule has 0 aromatic heterocycles. The van der Waals surface area contributed by atoms with Gasteiger partial charge >= 0.3 is 0 Å². The zero-order valence-corrected chi connectivity index (χ0v) is 9.38. The summed E-state index contributed by atoms with van der Waals surface area (Å²) in [6.45, 7) is 2.08. The largest absolute Gasteiger partial charge is 0.474 e. The Hall–Kier alpha value is -0.670. The Morgan fingerprint density at radius 3 is 2.64 bits per heavy atom.